The molecule has 0 radical (unpaired) electrons. The van der Waals surface area contributed by atoms with Crippen molar-refractivity contribution in [2.75, 3.05) is 45.9 Å². The van der Waals surface area contributed by atoms with Gasteiger partial charge < -0.3 is 20.1 Å². The Labute approximate surface area is 213 Å². The van der Waals surface area contributed by atoms with Gasteiger partial charge in [-0.1, -0.05) is 31.0 Å². The molecule has 2 heterocycles. The number of benzene rings is 2. The molecular weight excluding hydrogens is 456 g/mol. The number of rotatable bonds is 4. The summed E-state index contributed by atoms with van der Waals surface area (Å²) >= 11 is 0. The summed E-state index contributed by atoms with van der Waals surface area (Å²) in [6, 6.07) is 12.7. The SMILES string of the molecule is O=C(O)c1ccccc1O.Oc1ccc2c(c1)[C@@]13CCCC[C@H]1[C@H](C2)N(CCN1CCOCC1)CC3. The number of para-hydroxylation sites is 1. The van der Waals surface area contributed by atoms with E-state index in [4.69, 9.17) is 14.9 Å². The monoisotopic (exact) mass is 494 g/mol. The van der Waals surface area contributed by atoms with E-state index in [9.17, 15) is 9.90 Å². The van der Waals surface area contributed by atoms with E-state index >= 15 is 0 Å². The number of nitrogens with zero attached hydrogens (tertiary/aromatic N) is 2. The fourth-order valence-electron chi connectivity index (χ4n) is 7.10. The van der Waals surface area contributed by atoms with Crippen LogP contribution in [-0.2, 0) is 16.6 Å². The number of piperidine rings is 1. The molecule has 2 aliphatic carbocycles. The fourth-order valence-corrected chi connectivity index (χ4v) is 7.10. The summed E-state index contributed by atoms with van der Waals surface area (Å²) in [5, 5.41) is 27.4. The minimum atomic E-state index is -1.11. The molecular formula is C29H38N2O5. The Bertz CT molecular complexity index is 1070. The van der Waals surface area contributed by atoms with Crippen LogP contribution >= 0.6 is 0 Å². The first-order valence-electron chi connectivity index (χ1n) is 13.4. The van der Waals surface area contributed by atoms with Gasteiger partial charge in [-0.05, 0) is 73.5 Å². The minimum absolute atomic E-state index is 0.0671. The number of carboxylic acid groups (broad SMARTS) is 1. The van der Waals surface area contributed by atoms with Gasteiger partial charge in [0.1, 0.15) is 17.1 Å². The number of carbonyl (C=O) groups is 1. The quantitative estimate of drug-likeness (QED) is 0.594. The van der Waals surface area contributed by atoms with Crippen LogP contribution in [0.25, 0.3) is 0 Å². The molecule has 0 spiro atoms. The van der Waals surface area contributed by atoms with Gasteiger partial charge >= 0.3 is 5.97 Å². The number of aromatic carboxylic acids is 1. The molecule has 4 aliphatic rings. The van der Waals surface area contributed by atoms with Crippen molar-refractivity contribution in [3.63, 3.8) is 0 Å². The molecule has 36 heavy (non-hydrogen) atoms. The van der Waals surface area contributed by atoms with E-state index in [1.54, 1.807) is 12.1 Å². The largest absolute Gasteiger partial charge is 0.508 e. The summed E-state index contributed by atoms with van der Waals surface area (Å²) < 4.78 is 5.50. The lowest BCUT2D eigenvalue weighted by Crippen LogP contribution is -2.61. The van der Waals surface area contributed by atoms with Gasteiger partial charge in [0.25, 0.3) is 0 Å². The summed E-state index contributed by atoms with van der Waals surface area (Å²) in [4.78, 5) is 15.6. The van der Waals surface area contributed by atoms with Crippen molar-refractivity contribution in [3.05, 3.63) is 59.2 Å². The number of phenols is 2. The number of morpholine rings is 1. The van der Waals surface area contributed by atoms with Gasteiger partial charge in [-0.2, -0.15) is 0 Å². The minimum Gasteiger partial charge on any atom is -0.508 e. The molecule has 2 bridgehead atoms. The molecule has 3 N–H and O–H groups in total. The Morgan fingerprint density at radius 3 is 2.56 bits per heavy atom. The molecule has 2 aromatic rings. The predicted octanol–water partition coefficient (Wildman–Crippen LogP) is 3.87. The maximum Gasteiger partial charge on any atom is 0.339 e. The molecule has 7 heteroatoms. The van der Waals surface area contributed by atoms with E-state index in [0.717, 1.165) is 32.2 Å². The van der Waals surface area contributed by atoms with Gasteiger partial charge in [-0.25, -0.2) is 4.79 Å². The first kappa shape index (κ1) is 25.1. The van der Waals surface area contributed by atoms with Crippen molar-refractivity contribution in [3.8, 4) is 11.5 Å². The van der Waals surface area contributed by atoms with E-state index in [0.29, 0.717) is 17.2 Å². The predicted molar refractivity (Wildman–Crippen MR) is 138 cm³/mol. The van der Waals surface area contributed by atoms with Crippen LogP contribution in [0.2, 0.25) is 0 Å². The van der Waals surface area contributed by atoms with Crippen molar-refractivity contribution in [1.82, 2.24) is 9.80 Å². The molecule has 1 saturated carbocycles. The van der Waals surface area contributed by atoms with Crippen LogP contribution in [0.3, 0.4) is 0 Å². The van der Waals surface area contributed by atoms with Gasteiger partial charge in [0.2, 0.25) is 0 Å². The third-order valence-electron chi connectivity index (χ3n) is 8.88. The van der Waals surface area contributed by atoms with Gasteiger partial charge in [-0.3, -0.25) is 9.80 Å². The average Bonchev–Trinajstić information content (AvgIpc) is 2.90. The maximum atomic E-state index is 10.3. The molecule has 6 rings (SSSR count). The topological polar surface area (TPSA) is 93.5 Å². The zero-order valence-electron chi connectivity index (χ0n) is 20.9. The summed E-state index contributed by atoms with van der Waals surface area (Å²) in [6.07, 6.45) is 7.87. The van der Waals surface area contributed by atoms with Crippen molar-refractivity contribution < 1.29 is 24.9 Å². The highest BCUT2D eigenvalue weighted by molar-refractivity contribution is 5.90. The summed E-state index contributed by atoms with van der Waals surface area (Å²) in [6.45, 7) is 7.58. The first-order chi connectivity index (χ1) is 17.5. The Morgan fingerprint density at radius 2 is 1.81 bits per heavy atom. The van der Waals surface area contributed by atoms with Crippen LogP contribution in [0.15, 0.2) is 42.5 Å². The zero-order chi connectivity index (χ0) is 25.1. The Hall–Kier alpha value is -2.61. The molecule has 3 fully saturated rings. The van der Waals surface area contributed by atoms with E-state index in [-0.39, 0.29) is 11.3 Å². The van der Waals surface area contributed by atoms with Crippen molar-refractivity contribution in [2.24, 2.45) is 5.92 Å². The van der Waals surface area contributed by atoms with Crippen LogP contribution in [0.5, 0.6) is 11.5 Å². The lowest BCUT2D eigenvalue weighted by atomic mass is 9.52. The van der Waals surface area contributed by atoms with Crippen molar-refractivity contribution >= 4 is 5.97 Å². The summed E-state index contributed by atoms with van der Waals surface area (Å²) in [5.41, 5.74) is 3.26. The number of likely N-dealkylation sites (tertiary alicyclic amines) is 1. The zero-order valence-corrected chi connectivity index (χ0v) is 20.9. The molecule has 0 amide bonds. The highest BCUT2D eigenvalue weighted by Gasteiger charge is 2.53. The molecule has 194 valence electrons. The Morgan fingerprint density at radius 1 is 1.00 bits per heavy atom. The Kier molecular flexibility index (Phi) is 7.51. The summed E-state index contributed by atoms with van der Waals surface area (Å²) in [7, 11) is 0. The Balaban J connectivity index is 0.000000226. The van der Waals surface area contributed by atoms with Crippen LogP contribution in [0.4, 0.5) is 0 Å². The second kappa shape index (κ2) is 10.8. The highest BCUT2D eigenvalue weighted by Crippen LogP contribution is 2.56. The van der Waals surface area contributed by atoms with E-state index in [1.807, 2.05) is 6.07 Å². The first-order valence-corrected chi connectivity index (χ1v) is 13.4. The third-order valence-corrected chi connectivity index (χ3v) is 8.88. The molecule has 0 aromatic heterocycles. The lowest BCUT2D eigenvalue weighted by molar-refractivity contribution is -0.0219. The fraction of sp³-hybridized carbons (Fsp3) is 0.552. The number of carboxylic acids is 1. The number of hydrogen-bond acceptors (Lipinski definition) is 6. The number of fused-ring (bicyclic) bond motifs is 1. The van der Waals surface area contributed by atoms with Gasteiger partial charge in [0, 0.05) is 37.6 Å². The smallest absolute Gasteiger partial charge is 0.339 e. The van der Waals surface area contributed by atoms with E-state index < -0.39 is 5.97 Å². The lowest BCUT2D eigenvalue weighted by Gasteiger charge is -2.59. The molecule has 2 aromatic carbocycles. The molecule has 0 unspecified atom stereocenters. The standard InChI is InChI=1S/C22H32N2O2.C7H6O3/c25-18-5-4-17-15-21-19-3-1-2-6-22(19,20(17)16-18)7-8-24(21)10-9-23-11-13-26-14-12-23;8-6-4-2-1-3-5(6)7(9)10/h4-5,16,19,21,25H,1-3,6-15H2;1-4,8H,(H,9,10)/t19-,21-,22+;/m0./s1. The van der Waals surface area contributed by atoms with Crippen molar-refractivity contribution in [2.45, 2.75) is 50.0 Å². The molecule has 7 nitrogen and oxygen atoms in total. The molecule has 2 saturated heterocycles. The third kappa shape index (κ3) is 4.97. The number of ether oxygens (including phenoxy) is 1. The van der Waals surface area contributed by atoms with Crippen LogP contribution < -0.4 is 0 Å². The number of hydrogen-bond donors (Lipinski definition) is 3. The van der Waals surface area contributed by atoms with Crippen LogP contribution in [-0.4, -0.2) is 83.1 Å². The van der Waals surface area contributed by atoms with Gasteiger partial charge in [-0.15, -0.1) is 0 Å². The number of aromatic hydroxyl groups is 2. The highest BCUT2D eigenvalue weighted by atomic mass is 16.5. The molecule has 3 atom stereocenters. The summed E-state index contributed by atoms with van der Waals surface area (Å²) in [5.74, 6) is -0.0762. The normalized spacial score (nSPS) is 27.8. The molecule has 2 aliphatic heterocycles. The number of phenolic OH excluding ortho intramolecular Hbond substituents is 1. The maximum absolute atomic E-state index is 10.3. The second-order valence-corrected chi connectivity index (χ2v) is 10.7. The van der Waals surface area contributed by atoms with Gasteiger partial charge in [0.05, 0.1) is 13.2 Å². The van der Waals surface area contributed by atoms with Crippen LogP contribution in [0.1, 0.15) is 53.6 Å². The van der Waals surface area contributed by atoms with E-state index in [2.05, 4.69) is 21.9 Å². The van der Waals surface area contributed by atoms with Crippen LogP contribution in [0, 0.1) is 5.92 Å². The second-order valence-electron chi connectivity index (χ2n) is 10.7. The van der Waals surface area contributed by atoms with Crippen molar-refractivity contribution in [1.29, 1.82) is 0 Å². The van der Waals surface area contributed by atoms with Gasteiger partial charge in [0.15, 0.2) is 0 Å². The average molecular weight is 495 g/mol. The van der Waals surface area contributed by atoms with E-state index in [1.165, 1.54) is 81.4 Å².